The van der Waals surface area contributed by atoms with Crippen LogP contribution in [-0.4, -0.2) is 16.5 Å². The predicted octanol–water partition coefficient (Wildman–Crippen LogP) is 3.69. The van der Waals surface area contributed by atoms with Crippen LogP contribution in [0.3, 0.4) is 0 Å². The minimum absolute atomic E-state index is 0.648. The molecule has 0 saturated heterocycles. The van der Waals surface area contributed by atoms with E-state index in [1.165, 1.54) is 38.5 Å². The maximum Gasteiger partial charge on any atom is 0.151 e. The van der Waals surface area contributed by atoms with E-state index in [1.54, 1.807) is 0 Å². The molecule has 0 aromatic carbocycles. The van der Waals surface area contributed by atoms with Gasteiger partial charge in [-0.05, 0) is 43.4 Å². The monoisotopic (exact) mass is 281 g/mol. The molecule has 1 heterocycles. The maximum absolute atomic E-state index is 6.18. The van der Waals surface area contributed by atoms with Gasteiger partial charge in [-0.2, -0.15) is 0 Å². The second kappa shape index (κ2) is 5.45. The highest BCUT2D eigenvalue weighted by Crippen LogP contribution is 2.60. The van der Waals surface area contributed by atoms with Gasteiger partial charge in [-0.25, -0.2) is 4.98 Å². The van der Waals surface area contributed by atoms with E-state index in [2.05, 4.69) is 22.2 Å². The van der Waals surface area contributed by atoms with Crippen molar-refractivity contribution in [2.45, 2.75) is 58.4 Å². The Morgan fingerprint density at radius 3 is 2.84 bits per heavy atom. The molecule has 0 bridgehead atoms. The van der Waals surface area contributed by atoms with Crippen molar-refractivity contribution in [3.05, 3.63) is 16.7 Å². The van der Waals surface area contributed by atoms with E-state index < -0.39 is 0 Å². The van der Waals surface area contributed by atoms with Gasteiger partial charge in [0.25, 0.3) is 0 Å². The summed E-state index contributed by atoms with van der Waals surface area (Å²) in [7, 11) is 0. The SMILES string of the molecule is CCCCc1nc(Cl)c(CNCC2(C3CC3)CC2)[nH]1. The van der Waals surface area contributed by atoms with Crippen LogP contribution >= 0.6 is 11.6 Å². The van der Waals surface area contributed by atoms with E-state index in [0.29, 0.717) is 10.6 Å². The Balaban J connectivity index is 1.48. The third kappa shape index (κ3) is 3.14. The molecule has 3 nitrogen and oxygen atoms in total. The van der Waals surface area contributed by atoms with Crippen molar-refractivity contribution in [1.82, 2.24) is 15.3 Å². The molecule has 106 valence electrons. The summed E-state index contributed by atoms with van der Waals surface area (Å²) >= 11 is 6.18. The lowest BCUT2D eigenvalue weighted by Gasteiger charge is -2.14. The van der Waals surface area contributed by atoms with Gasteiger partial charge < -0.3 is 10.3 Å². The fourth-order valence-corrected chi connectivity index (χ4v) is 3.26. The van der Waals surface area contributed by atoms with Gasteiger partial charge in [-0.1, -0.05) is 24.9 Å². The topological polar surface area (TPSA) is 40.7 Å². The fraction of sp³-hybridized carbons (Fsp3) is 0.800. The highest BCUT2D eigenvalue weighted by Gasteiger charge is 2.53. The largest absolute Gasteiger partial charge is 0.344 e. The molecule has 4 heteroatoms. The van der Waals surface area contributed by atoms with Crippen LogP contribution in [0.25, 0.3) is 0 Å². The van der Waals surface area contributed by atoms with Gasteiger partial charge in [0.05, 0.1) is 5.69 Å². The zero-order chi connectivity index (χ0) is 13.3. The number of hydrogen-bond acceptors (Lipinski definition) is 2. The van der Waals surface area contributed by atoms with Crippen molar-refractivity contribution in [3.63, 3.8) is 0 Å². The second-order valence-corrected chi connectivity index (χ2v) is 6.65. The number of aromatic amines is 1. The molecule has 2 N–H and O–H groups in total. The summed E-state index contributed by atoms with van der Waals surface area (Å²) in [4.78, 5) is 7.76. The molecule has 3 rings (SSSR count). The van der Waals surface area contributed by atoms with Crippen LogP contribution in [0.1, 0.15) is 57.0 Å². The molecule has 2 saturated carbocycles. The van der Waals surface area contributed by atoms with Gasteiger partial charge >= 0.3 is 0 Å². The Bertz CT molecular complexity index is 433. The zero-order valence-corrected chi connectivity index (χ0v) is 12.5. The molecule has 19 heavy (non-hydrogen) atoms. The molecule has 0 amide bonds. The molecule has 0 atom stereocenters. The molecule has 2 fully saturated rings. The highest BCUT2D eigenvalue weighted by molar-refractivity contribution is 6.30. The van der Waals surface area contributed by atoms with Crippen molar-refractivity contribution >= 4 is 11.6 Å². The summed E-state index contributed by atoms with van der Waals surface area (Å²) in [6.07, 6.45) is 9.10. The summed E-state index contributed by atoms with van der Waals surface area (Å²) in [5.74, 6) is 2.05. The lowest BCUT2D eigenvalue weighted by atomic mass is 10.0. The number of nitrogens with zero attached hydrogens (tertiary/aromatic N) is 1. The predicted molar refractivity (Wildman–Crippen MR) is 78.3 cm³/mol. The number of aromatic nitrogens is 2. The van der Waals surface area contributed by atoms with Crippen LogP contribution in [0.5, 0.6) is 0 Å². The Hall–Kier alpha value is -0.540. The quantitative estimate of drug-likeness (QED) is 0.763. The molecule has 1 aromatic rings. The number of halogens is 1. The van der Waals surface area contributed by atoms with E-state index in [0.717, 1.165) is 36.9 Å². The molecule has 0 unspecified atom stereocenters. The first-order valence-electron chi connectivity index (χ1n) is 7.67. The molecule has 0 spiro atoms. The molecular weight excluding hydrogens is 258 g/mol. The average molecular weight is 282 g/mol. The van der Waals surface area contributed by atoms with E-state index in [9.17, 15) is 0 Å². The van der Waals surface area contributed by atoms with Crippen molar-refractivity contribution in [2.24, 2.45) is 11.3 Å². The maximum atomic E-state index is 6.18. The summed E-state index contributed by atoms with van der Waals surface area (Å²) in [6, 6.07) is 0. The second-order valence-electron chi connectivity index (χ2n) is 6.30. The van der Waals surface area contributed by atoms with Gasteiger partial charge in [0.1, 0.15) is 5.82 Å². The number of aryl methyl sites for hydroxylation is 1. The number of H-pyrrole nitrogens is 1. The van der Waals surface area contributed by atoms with E-state index in [-0.39, 0.29) is 0 Å². The standard InChI is InChI=1S/C15H24ClN3/c1-2-3-4-13-18-12(14(16)19-13)9-17-10-15(7-8-15)11-5-6-11/h11,17H,2-10H2,1H3,(H,18,19). The molecule has 0 aliphatic heterocycles. The Kier molecular flexibility index (Phi) is 3.86. The molecule has 0 radical (unpaired) electrons. The lowest BCUT2D eigenvalue weighted by molar-refractivity contribution is 0.402. The molecule has 2 aliphatic carbocycles. The van der Waals surface area contributed by atoms with E-state index in [4.69, 9.17) is 11.6 Å². The molecule has 2 aliphatic rings. The molecule has 1 aromatic heterocycles. The highest BCUT2D eigenvalue weighted by atomic mass is 35.5. The van der Waals surface area contributed by atoms with Crippen LogP contribution in [0.2, 0.25) is 5.15 Å². The zero-order valence-electron chi connectivity index (χ0n) is 11.8. The summed E-state index contributed by atoms with van der Waals surface area (Å²) < 4.78 is 0. The van der Waals surface area contributed by atoms with Crippen molar-refractivity contribution in [2.75, 3.05) is 6.54 Å². The Morgan fingerprint density at radius 1 is 1.42 bits per heavy atom. The summed E-state index contributed by atoms with van der Waals surface area (Å²) in [5.41, 5.74) is 1.71. The third-order valence-corrected chi connectivity index (χ3v) is 4.97. The van der Waals surface area contributed by atoms with Crippen molar-refractivity contribution in [1.29, 1.82) is 0 Å². The van der Waals surface area contributed by atoms with E-state index >= 15 is 0 Å². The van der Waals surface area contributed by atoms with Crippen LogP contribution in [0, 0.1) is 11.3 Å². The minimum Gasteiger partial charge on any atom is -0.344 e. The minimum atomic E-state index is 0.648. The lowest BCUT2D eigenvalue weighted by Crippen LogP contribution is -2.25. The molecular formula is C15H24ClN3. The normalized spacial score (nSPS) is 20.7. The first-order valence-corrected chi connectivity index (χ1v) is 8.05. The Labute approximate surface area is 120 Å². The number of hydrogen-bond donors (Lipinski definition) is 2. The van der Waals surface area contributed by atoms with Crippen molar-refractivity contribution in [3.8, 4) is 0 Å². The van der Waals surface area contributed by atoms with Gasteiger partial charge in [0.2, 0.25) is 0 Å². The Morgan fingerprint density at radius 2 is 2.21 bits per heavy atom. The number of nitrogens with one attached hydrogen (secondary N) is 2. The first kappa shape index (κ1) is 13.4. The first-order chi connectivity index (χ1) is 9.23. The average Bonchev–Trinajstić information content (AvgIpc) is 3.26. The van der Waals surface area contributed by atoms with Gasteiger partial charge in [-0.3, -0.25) is 0 Å². The van der Waals surface area contributed by atoms with Crippen LogP contribution in [0.15, 0.2) is 0 Å². The van der Waals surface area contributed by atoms with Crippen LogP contribution in [0.4, 0.5) is 0 Å². The fourth-order valence-electron chi connectivity index (χ4n) is 3.04. The number of rotatable bonds is 8. The summed E-state index contributed by atoms with van der Waals surface area (Å²) in [6.45, 7) is 4.17. The number of unbranched alkanes of at least 4 members (excludes halogenated alkanes) is 1. The van der Waals surface area contributed by atoms with Crippen molar-refractivity contribution < 1.29 is 0 Å². The van der Waals surface area contributed by atoms with Gasteiger partial charge in [0.15, 0.2) is 5.15 Å². The van der Waals surface area contributed by atoms with Crippen LogP contribution < -0.4 is 5.32 Å². The van der Waals surface area contributed by atoms with Gasteiger partial charge in [0, 0.05) is 19.5 Å². The van der Waals surface area contributed by atoms with Crippen LogP contribution in [-0.2, 0) is 13.0 Å². The smallest absolute Gasteiger partial charge is 0.151 e. The summed E-state index contributed by atoms with van der Waals surface area (Å²) in [5, 5.41) is 4.23. The van der Waals surface area contributed by atoms with Gasteiger partial charge in [-0.15, -0.1) is 0 Å². The third-order valence-electron chi connectivity index (χ3n) is 4.66. The van der Waals surface area contributed by atoms with E-state index in [1.807, 2.05) is 0 Å². The number of imidazole rings is 1.